The number of carboxylic acids is 1. The zero-order chi connectivity index (χ0) is 13.8. The SMILES string of the molecule is Cc1cc(CSCc2nccn2C)ccc1C(=O)O. The Morgan fingerprint density at radius 3 is 2.79 bits per heavy atom. The summed E-state index contributed by atoms with van der Waals surface area (Å²) in [5.41, 5.74) is 2.32. The van der Waals surface area contributed by atoms with E-state index >= 15 is 0 Å². The molecule has 0 aliphatic heterocycles. The van der Waals surface area contributed by atoms with Crippen molar-refractivity contribution in [2.24, 2.45) is 7.05 Å². The summed E-state index contributed by atoms with van der Waals surface area (Å²) in [5, 5.41) is 8.97. The second-order valence-corrected chi connectivity index (χ2v) is 5.39. The number of hydrogen-bond donors (Lipinski definition) is 1. The number of aryl methyl sites for hydroxylation is 2. The van der Waals surface area contributed by atoms with Crippen LogP contribution in [0.25, 0.3) is 0 Å². The fourth-order valence-electron chi connectivity index (χ4n) is 1.85. The normalized spacial score (nSPS) is 10.6. The Bertz CT molecular complexity index is 593. The van der Waals surface area contributed by atoms with E-state index in [0.717, 1.165) is 28.5 Å². The molecule has 4 nitrogen and oxygen atoms in total. The van der Waals surface area contributed by atoms with Gasteiger partial charge in [0.15, 0.2) is 0 Å². The Morgan fingerprint density at radius 1 is 1.42 bits per heavy atom. The molecule has 2 aromatic rings. The number of hydrogen-bond acceptors (Lipinski definition) is 3. The highest BCUT2D eigenvalue weighted by Crippen LogP contribution is 2.19. The summed E-state index contributed by atoms with van der Waals surface area (Å²) >= 11 is 1.77. The maximum atomic E-state index is 10.9. The number of benzene rings is 1. The lowest BCUT2D eigenvalue weighted by molar-refractivity contribution is 0.0696. The van der Waals surface area contributed by atoms with Crippen molar-refractivity contribution < 1.29 is 9.90 Å². The van der Waals surface area contributed by atoms with Crippen LogP contribution in [0.3, 0.4) is 0 Å². The Hall–Kier alpha value is -1.75. The zero-order valence-electron chi connectivity index (χ0n) is 11.0. The van der Waals surface area contributed by atoms with Crippen LogP contribution in [0.5, 0.6) is 0 Å². The molecule has 100 valence electrons. The van der Waals surface area contributed by atoms with Gasteiger partial charge in [-0.2, -0.15) is 0 Å². The number of aromatic nitrogens is 2. The molecule has 0 saturated carbocycles. The second-order valence-electron chi connectivity index (χ2n) is 4.40. The third-order valence-electron chi connectivity index (χ3n) is 2.94. The van der Waals surface area contributed by atoms with Gasteiger partial charge in [-0.1, -0.05) is 12.1 Å². The maximum absolute atomic E-state index is 10.9. The van der Waals surface area contributed by atoms with Crippen LogP contribution in [0, 0.1) is 6.92 Å². The van der Waals surface area contributed by atoms with Gasteiger partial charge in [0.05, 0.1) is 11.3 Å². The van der Waals surface area contributed by atoms with Crippen molar-refractivity contribution in [1.29, 1.82) is 0 Å². The summed E-state index contributed by atoms with van der Waals surface area (Å²) in [6.45, 7) is 1.83. The first-order chi connectivity index (χ1) is 9.08. The van der Waals surface area contributed by atoms with Crippen LogP contribution in [0.1, 0.15) is 27.3 Å². The van der Waals surface area contributed by atoms with Crippen molar-refractivity contribution in [2.45, 2.75) is 18.4 Å². The van der Waals surface area contributed by atoms with Gasteiger partial charge in [-0.3, -0.25) is 0 Å². The summed E-state index contributed by atoms with van der Waals surface area (Å²) in [6, 6.07) is 5.49. The van der Waals surface area contributed by atoms with Crippen molar-refractivity contribution in [2.75, 3.05) is 0 Å². The third kappa shape index (κ3) is 3.38. The number of carbonyl (C=O) groups is 1. The first-order valence-corrected chi connectivity index (χ1v) is 7.10. The van der Waals surface area contributed by atoms with E-state index in [1.807, 2.05) is 36.9 Å². The molecule has 0 radical (unpaired) electrons. The van der Waals surface area contributed by atoms with Crippen molar-refractivity contribution in [3.05, 3.63) is 53.1 Å². The van der Waals surface area contributed by atoms with E-state index < -0.39 is 5.97 Å². The molecule has 0 aliphatic rings. The molecule has 1 heterocycles. The van der Waals surface area contributed by atoms with Crippen molar-refractivity contribution >= 4 is 17.7 Å². The summed E-state index contributed by atoms with van der Waals surface area (Å²) in [7, 11) is 1.98. The van der Waals surface area contributed by atoms with Gasteiger partial charge in [-0.05, 0) is 24.1 Å². The lowest BCUT2D eigenvalue weighted by atomic mass is 10.1. The molecular formula is C14H16N2O2S. The summed E-state index contributed by atoms with van der Waals surface area (Å²) in [5.74, 6) is 1.88. The maximum Gasteiger partial charge on any atom is 0.335 e. The van der Waals surface area contributed by atoms with E-state index in [1.54, 1.807) is 24.0 Å². The number of aromatic carboxylic acids is 1. The van der Waals surface area contributed by atoms with Gasteiger partial charge < -0.3 is 9.67 Å². The molecule has 0 fully saturated rings. The van der Waals surface area contributed by atoms with Crippen LogP contribution >= 0.6 is 11.8 Å². The fraction of sp³-hybridized carbons (Fsp3) is 0.286. The molecule has 19 heavy (non-hydrogen) atoms. The molecule has 0 amide bonds. The molecule has 2 rings (SSSR count). The monoisotopic (exact) mass is 276 g/mol. The Kier molecular flexibility index (Phi) is 4.27. The second kappa shape index (κ2) is 5.93. The van der Waals surface area contributed by atoms with Gasteiger partial charge in [0.25, 0.3) is 0 Å². The van der Waals surface area contributed by atoms with Crippen LogP contribution in [0.2, 0.25) is 0 Å². The summed E-state index contributed by atoms with van der Waals surface area (Å²) < 4.78 is 2.01. The van der Waals surface area contributed by atoms with Gasteiger partial charge in [0.2, 0.25) is 0 Å². The molecular weight excluding hydrogens is 260 g/mol. The lowest BCUT2D eigenvalue weighted by Crippen LogP contribution is -2.00. The minimum absolute atomic E-state index is 0.373. The largest absolute Gasteiger partial charge is 0.478 e. The van der Waals surface area contributed by atoms with E-state index in [0.29, 0.717) is 5.56 Å². The first-order valence-electron chi connectivity index (χ1n) is 5.94. The molecule has 0 aliphatic carbocycles. The Morgan fingerprint density at radius 2 is 2.21 bits per heavy atom. The van der Waals surface area contributed by atoms with Crippen molar-refractivity contribution in [3.8, 4) is 0 Å². The Labute approximate surface area is 116 Å². The predicted molar refractivity (Wildman–Crippen MR) is 76.3 cm³/mol. The highest BCUT2D eigenvalue weighted by atomic mass is 32.2. The smallest absolute Gasteiger partial charge is 0.335 e. The van der Waals surface area contributed by atoms with Gasteiger partial charge in [-0.25, -0.2) is 9.78 Å². The van der Waals surface area contributed by atoms with Gasteiger partial charge in [0, 0.05) is 25.2 Å². The average molecular weight is 276 g/mol. The number of thioether (sulfide) groups is 1. The average Bonchev–Trinajstić information content (AvgIpc) is 2.75. The fourth-order valence-corrected chi connectivity index (χ4v) is 2.83. The van der Waals surface area contributed by atoms with Gasteiger partial charge >= 0.3 is 5.97 Å². The number of carboxylic acid groups (broad SMARTS) is 1. The molecule has 1 aromatic heterocycles. The highest BCUT2D eigenvalue weighted by molar-refractivity contribution is 7.97. The quantitative estimate of drug-likeness (QED) is 0.912. The summed E-state index contributed by atoms with van der Waals surface area (Å²) in [4.78, 5) is 15.2. The molecule has 1 N–H and O–H groups in total. The van der Waals surface area contributed by atoms with Crippen LogP contribution in [0.4, 0.5) is 0 Å². The van der Waals surface area contributed by atoms with Crippen molar-refractivity contribution in [1.82, 2.24) is 9.55 Å². The standard InChI is InChI=1S/C14H16N2O2S/c1-10-7-11(3-4-12(10)14(17)18)8-19-9-13-15-5-6-16(13)2/h3-7H,8-9H2,1-2H3,(H,17,18). The van der Waals surface area contributed by atoms with E-state index in [9.17, 15) is 4.79 Å². The van der Waals surface area contributed by atoms with Crippen LogP contribution < -0.4 is 0 Å². The molecule has 0 bridgehead atoms. The zero-order valence-corrected chi connectivity index (χ0v) is 11.8. The highest BCUT2D eigenvalue weighted by Gasteiger charge is 2.07. The molecule has 0 unspecified atom stereocenters. The van der Waals surface area contributed by atoms with Crippen LogP contribution in [0.15, 0.2) is 30.6 Å². The minimum atomic E-state index is -0.871. The minimum Gasteiger partial charge on any atom is -0.478 e. The lowest BCUT2D eigenvalue weighted by Gasteiger charge is -2.06. The van der Waals surface area contributed by atoms with E-state index in [4.69, 9.17) is 5.11 Å². The number of imidazole rings is 1. The molecule has 1 aromatic carbocycles. The van der Waals surface area contributed by atoms with Crippen LogP contribution in [-0.4, -0.2) is 20.6 Å². The number of rotatable bonds is 5. The first kappa shape index (κ1) is 13.7. The van der Waals surface area contributed by atoms with Crippen molar-refractivity contribution in [3.63, 3.8) is 0 Å². The summed E-state index contributed by atoms with van der Waals surface area (Å²) in [6.07, 6.45) is 3.73. The Balaban J connectivity index is 1.95. The van der Waals surface area contributed by atoms with Crippen LogP contribution in [-0.2, 0) is 18.6 Å². The third-order valence-corrected chi connectivity index (χ3v) is 3.94. The van der Waals surface area contributed by atoms with Gasteiger partial charge in [-0.15, -0.1) is 11.8 Å². The van der Waals surface area contributed by atoms with E-state index in [-0.39, 0.29) is 0 Å². The molecule has 0 atom stereocenters. The molecule has 0 saturated heterocycles. The van der Waals surface area contributed by atoms with Gasteiger partial charge in [0.1, 0.15) is 5.82 Å². The topological polar surface area (TPSA) is 55.1 Å². The molecule has 5 heteroatoms. The predicted octanol–water partition coefficient (Wildman–Crippen LogP) is 2.86. The van der Waals surface area contributed by atoms with E-state index in [1.165, 1.54) is 0 Å². The number of nitrogens with zero attached hydrogens (tertiary/aromatic N) is 2. The molecule has 0 spiro atoms. The van der Waals surface area contributed by atoms with E-state index in [2.05, 4.69) is 4.98 Å².